The zero-order valence-corrected chi connectivity index (χ0v) is 22.1. The zero-order valence-electron chi connectivity index (χ0n) is 20.5. The number of hydrogen-bond donors (Lipinski definition) is 3. The predicted molar refractivity (Wildman–Crippen MR) is 139 cm³/mol. The summed E-state index contributed by atoms with van der Waals surface area (Å²) in [6, 6.07) is 1.78. The van der Waals surface area contributed by atoms with Gasteiger partial charge in [-0.3, -0.25) is 9.59 Å². The molecule has 0 bridgehead atoms. The average molecular weight is 545 g/mol. The standard InChI is InChI=1S/C25H33BrN6O3/c1-4-35-31-18-6-10-32(11-7-18)9-5-8-27-25(34)22-15(2)21(29-16(22)3)13-20-19-12-17(26)14-28-23(19)30-24(20)33/h12-14,16,20,29H,4-11H2,1-3H3,(H,27,34)(H,28,30,33)/b21-13-. The second kappa shape index (κ2) is 11.3. The van der Waals surface area contributed by atoms with Crippen LogP contribution < -0.4 is 16.0 Å². The average Bonchev–Trinajstić information content (AvgIpc) is 3.30. The molecule has 10 heteroatoms. The number of rotatable bonds is 8. The Morgan fingerprint density at radius 3 is 2.91 bits per heavy atom. The largest absolute Gasteiger partial charge is 0.396 e. The van der Waals surface area contributed by atoms with Crippen LogP contribution in [0.2, 0.25) is 0 Å². The Balaban J connectivity index is 1.31. The number of fused-ring (bicyclic) bond motifs is 1. The highest BCUT2D eigenvalue weighted by molar-refractivity contribution is 9.10. The number of oxime groups is 1. The molecule has 0 saturated carbocycles. The van der Waals surface area contributed by atoms with Crippen molar-refractivity contribution >= 4 is 39.3 Å². The van der Waals surface area contributed by atoms with Gasteiger partial charge in [0.2, 0.25) is 11.8 Å². The Kier molecular flexibility index (Phi) is 8.22. The van der Waals surface area contributed by atoms with E-state index in [-0.39, 0.29) is 17.9 Å². The molecule has 2 atom stereocenters. The quantitative estimate of drug-likeness (QED) is 0.343. The van der Waals surface area contributed by atoms with Gasteiger partial charge in [-0.25, -0.2) is 4.98 Å². The summed E-state index contributed by atoms with van der Waals surface area (Å²) >= 11 is 3.43. The van der Waals surface area contributed by atoms with Crippen LogP contribution >= 0.6 is 15.9 Å². The van der Waals surface area contributed by atoms with Gasteiger partial charge in [0.1, 0.15) is 12.4 Å². The topological polar surface area (TPSA) is 108 Å². The summed E-state index contributed by atoms with van der Waals surface area (Å²) < 4.78 is 0.819. The van der Waals surface area contributed by atoms with E-state index in [9.17, 15) is 9.59 Å². The van der Waals surface area contributed by atoms with Crippen molar-refractivity contribution < 1.29 is 14.4 Å². The first-order valence-corrected chi connectivity index (χ1v) is 13.0. The molecule has 2 unspecified atom stereocenters. The lowest BCUT2D eigenvalue weighted by atomic mass is 9.99. The second-order valence-electron chi connectivity index (χ2n) is 9.07. The molecule has 2 amide bonds. The number of piperidine rings is 1. The highest BCUT2D eigenvalue weighted by Crippen LogP contribution is 2.36. The van der Waals surface area contributed by atoms with Gasteiger partial charge >= 0.3 is 0 Å². The maximum Gasteiger partial charge on any atom is 0.249 e. The maximum atomic E-state index is 13.0. The summed E-state index contributed by atoms with van der Waals surface area (Å²) in [5.41, 5.74) is 4.36. The number of halogens is 1. The minimum atomic E-state index is -0.453. The van der Waals surface area contributed by atoms with E-state index in [1.54, 1.807) is 6.20 Å². The number of aromatic nitrogens is 1. The van der Waals surface area contributed by atoms with Crippen LogP contribution in [0.1, 0.15) is 51.5 Å². The number of nitrogens with one attached hydrogen (secondary N) is 3. The first-order chi connectivity index (χ1) is 16.9. The predicted octanol–water partition coefficient (Wildman–Crippen LogP) is 3.07. The van der Waals surface area contributed by atoms with Crippen molar-refractivity contribution in [2.24, 2.45) is 5.16 Å². The lowest BCUT2D eigenvalue weighted by Gasteiger charge is -2.27. The molecular weight excluding hydrogens is 512 g/mol. The van der Waals surface area contributed by atoms with Gasteiger partial charge < -0.3 is 25.7 Å². The fourth-order valence-electron chi connectivity index (χ4n) is 4.77. The molecule has 1 saturated heterocycles. The number of hydrogen-bond acceptors (Lipinski definition) is 7. The van der Waals surface area contributed by atoms with E-state index in [2.05, 4.69) is 46.9 Å². The number of amides is 2. The van der Waals surface area contributed by atoms with Crippen molar-refractivity contribution in [2.45, 2.75) is 52.0 Å². The summed E-state index contributed by atoms with van der Waals surface area (Å²) in [5, 5.41) is 13.4. The molecule has 35 heavy (non-hydrogen) atoms. The fourth-order valence-corrected chi connectivity index (χ4v) is 5.12. The first-order valence-electron chi connectivity index (χ1n) is 12.2. The van der Waals surface area contributed by atoms with Crippen LogP contribution in [0, 0.1) is 0 Å². The monoisotopic (exact) mass is 544 g/mol. The molecule has 3 N–H and O–H groups in total. The minimum absolute atomic E-state index is 0.0589. The van der Waals surface area contributed by atoms with E-state index in [1.165, 1.54) is 0 Å². The van der Waals surface area contributed by atoms with Gasteiger partial charge in [-0.15, -0.1) is 0 Å². The molecule has 3 aliphatic heterocycles. The van der Waals surface area contributed by atoms with Gasteiger partial charge in [0, 0.05) is 60.0 Å². The molecule has 1 aromatic heterocycles. The molecule has 9 nitrogen and oxygen atoms in total. The van der Waals surface area contributed by atoms with Crippen LogP contribution in [0.4, 0.5) is 5.82 Å². The van der Waals surface area contributed by atoms with Crippen molar-refractivity contribution in [1.29, 1.82) is 0 Å². The van der Waals surface area contributed by atoms with Gasteiger partial charge in [0.05, 0.1) is 17.7 Å². The summed E-state index contributed by atoms with van der Waals surface area (Å²) in [7, 11) is 0. The van der Waals surface area contributed by atoms with E-state index in [0.29, 0.717) is 19.0 Å². The Morgan fingerprint density at radius 2 is 2.17 bits per heavy atom. The number of likely N-dealkylation sites (tertiary alicyclic amines) is 1. The van der Waals surface area contributed by atoms with Crippen molar-refractivity contribution in [2.75, 3.05) is 38.1 Å². The van der Waals surface area contributed by atoms with Crippen molar-refractivity contribution in [3.8, 4) is 0 Å². The van der Waals surface area contributed by atoms with E-state index in [0.717, 1.165) is 71.5 Å². The third kappa shape index (κ3) is 5.92. The number of carbonyl (C=O) groups excluding carboxylic acids is 2. The van der Waals surface area contributed by atoms with Gasteiger partial charge in [0.25, 0.3) is 0 Å². The molecule has 0 spiro atoms. The van der Waals surface area contributed by atoms with Crippen LogP contribution in [0.3, 0.4) is 0 Å². The first kappa shape index (κ1) is 25.4. The maximum absolute atomic E-state index is 13.0. The molecule has 0 aliphatic carbocycles. The molecule has 4 rings (SSSR count). The molecule has 0 aromatic carbocycles. The van der Waals surface area contributed by atoms with Gasteiger partial charge in [-0.2, -0.15) is 0 Å². The minimum Gasteiger partial charge on any atom is -0.396 e. The zero-order chi connectivity index (χ0) is 24.9. The van der Waals surface area contributed by atoms with E-state index in [4.69, 9.17) is 4.84 Å². The van der Waals surface area contributed by atoms with Gasteiger partial charge in [-0.1, -0.05) is 5.16 Å². The number of nitrogens with zero attached hydrogens (tertiary/aromatic N) is 3. The third-order valence-electron chi connectivity index (χ3n) is 6.63. The summed E-state index contributed by atoms with van der Waals surface area (Å²) in [6.07, 6.45) is 6.32. The Labute approximate surface area is 214 Å². The normalized spacial score (nSPS) is 23.3. The summed E-state index contributed by atoms with van der Waals surface area (Å²) in [4.78, 5) is 37.4. The Morgan fingerprint density at radius 1 is 1.40 bits per heavy atom. The second-order valence-corrected chi connectivity index (χ2v) is 9.99. The number of allylic oxidation sites excluding steroid dienone is 1. The smallest absolute Gasteiger partial charge is 0.249 e. The Hall–Kier alpha value is -2.72. The van der Waals surface area contributed by atoms with Crippen LogP contribution in [-0.4, -0.2) is 66.2 Å². The lowest BCUT2D eigenvalue weighted by molar-refractivity contribution is -0.118. The van der Waals surface area contributed by atoms with E-state index < -0.39 is 5.92 Å². The molecule has 1 aromatic rings. The van der Waals surface area contributed by atoms with Crippen LogP contribution in [0.25, 0.3) is 0 Å². The lowest BCUT2D eigenvalue weighted by Crippen LogP contribution is -2.37. The molecule has 0 radical (unpaired) electrons. The van der Waals surface area contributed by atoms with Crippen LogP contribution in [0.15, 0.2) is 44.8 Å². The highest BCUT2D eigenvalue weighted by atomic mass is 79.9. The van der Waals surface area contributed by atoms with E-state index in [1.807, 2.05) is 32.9 Å². The number of carbonyl (C=O) groups is 2. The highest BCUT2D eigenvalue weighted by Gasteiger charge is 2.34. The summed E-state index contributed by atoms with van der Waals surface area (Å²) in [5.74, 6) is -0.0495. The molecule has 1 fully saturated rings. The molecule has 188 valence electrons. The van der Waals surface area contributed by atoms with Crippen molar-refractivity contribution in [3.63, 3.8) is 0 Å². The van der Waals surface area contributed by atoms with Crippen molar-refractivity contribution in [1.82, 2.24) is 20.5 Å². The van der Waals surface area contributed by atoms with Crippen LogP contribution in [0.5, 0.6) is 0 Å². The Bertz CT molecular complexity index is 1070. The van der Waals surface area contributed by atoms with E-state index >= 15 is 0 Å². The SMILES string of the molecule is CCON=C1CCN(CCCNC(=O)C2=C(C)/C(=C/C3C(=O)Nc4ncc(Br)cc43)NC2C)CC1. The summed E-state index contributed by atoms with van der Waals surface area (Å²) in [6.45, 7) is 9.96. The van der Waals surface area contributed by atoms with Gasteiger partial charge in [0.15, 0.2) is 0 Å². The number of pyridine rings is 1. The number of anilines is 1. The fraction of sp³-hybridized carbons (Fsp3) is 0.520. The molecule has 3 aliphatic rings. The van der Waals surface area contributed by atoms with Crippen LogP contribution in [-0.2, 0) is 14.4 Å². The molecule has 4 heterocycles. The van der Waals surface area contributed by atoms with Gasteiger partial charge in [-0.05, 0) is 67.4 Å². The molecular formula is C25H33BrN6O3. The van der Waals surface area contributed by atoms with Crippen molar-refractivity contribution in [3.05, 3.63) is 45.2 Å². The third-order valence-corrected chi connectivity index (χ3v) is 7.06.